The molecular weight excluding hydrogens is 160 g/mol. The largest absolute Gasteiger partial charge is 0.289 e. The summed E-state index contributed by atoms with van der Waals surface area (Å²) in [4.78, 5) is 39.5. The van der Waals surface area contributed by atoms with E-state index in [9.17, 15) is 23.4 Å². The van der Waals surface area contributed by atoms with E-state index in [1.807, 2.05) is 0 Å². The number of carbonyl (C=O) groups excluding carboxylic acids is 4. The molecule has 0 aliphatic rings. The summed E-state index contributed by atoms with van der Waals surface area (Å²) in [6.07, 6.45) is 0. The zero-order valence-corrected chi connectivity index (χ0v) is 5.58. The van der Waals surface area contributed by atoms with E-state index in [1.165, 1.54) is 0 Å². The quantitative estimate of drug-likeness (QED) is 0.475. The fraction of sp³-hybridized carbons (Fsp3) is 0. The first-order valence-electron chi connectivity index (χ1n) is 2.05. The Bertz CT molecular complexity index is 199. The lowest BCUT2D eigenvalue weighted by Gasteiger charge is -2.11. The van der Waals surface area contributed by atoms with Gasteiger partial charge in [0, 0.05) is 0 Å². The van der Waals surface area contributed by atoms with Crippen LogP contribution in [0.25, 0.3) is 0 Å². The molecule has 0 saturated heterocycles. The van der Waals surface area contributed by atoms with Crippen LogP contribution in [0.2, 0.25) is 0 Å². The molecule has 0 bridgehead atoms. The third-order valence-electron chi connectivity index (χ3n) is 0.824. The van der Waals surface area contributed by atoms with Crippen molar-refractivity contribution in [3.8, 4) is 0 Å². The fourth-order valence-electron chi connectivity index (χ4n) is 0.136. The molecule has 10 heavy (non-hydrogen) atoms. The number of rotatable bonds is 4. The van der Waals surface area contributed by atoms with Crippen molar-refractivity contribution in [2.45, 2.75) is 0 Å². The Balaban J connectivity index is 5.42. The molecule has 0 aliphatic carbocycles. The Hall–Kier alpha value is -1.17. The average Bonchev–Trinajstić information content (AvgIpc) is 2.04. The molecule has 56 valence electrons. The van der Waals surface area contributed by atoms with Gasteiger partial charge in [-0.2, -0.15) is 0 Å². The SMILES string of the molecule is O=CS(=O)(C=O)(C=O)C=O. The summed E-state index contributed by atoms with van der Waals surface area (Å²) in [5.74, 6) is 0. The van der Waals surface area contributed by atoms with Gasteiger partial charge in [-0.25, -0.2) is 0 Å². The summed E-state index contributed by atoms with van der Waals surface area (Å²) in [5.41, 5.74) is -1.71. The highest BCUT2D eigenvalue weighted by molar-refractivity contribution is 8.57. The summed E-state index contributed by atoms with van der Waals surface area (Å²) in [6, 6.07) is 0. The van der Waals surface area contributed by atoms with Crippen molar-refractivity contribution < 1.29 is 23.4 Å². The van der Waals surface area contributed by atoms with E-state index in [2.05, 4.69) is 0 Å². The Labute approximate surface area is 55.8 Å². The zero-order valence-electron chi connectivity index (χ0n) is 4.76. The molecule has 0 spiro atoms. The zero-order chi connectivity index (χ0) is 8.28. The van der Waals surface area contributed by atoms with Gasteiger partial charge in [0.05, 0.1) is 0 Å². The van der Waals surface area contributed by atoms with Crippen LogP contribution in [0.4, 0.5) is 0 Å². The first-order chi connectivity index (χ1) is 4.54. The lowest BCUT2D eigenvalue weighted by Crippen LogP contribution is -2.38. The minimum absolute atomic E-state index is 0.426. The highest BCUT2D eigenvalue weighted by Crippen LogP contribution is 2.08. The van der Waals surface area contributed by atoms with Crippen LogP contribution in [-0.4, -0.2) is 26.7 Å². The van der Waals surface area contributed by atoms with Crippen LogP contribution in [0.5, 0.6) is 0 Å². The maximum atomic E-state index is 10.8. The van der Waals surface area contributed by atoms with Gasteiger partial charge < -0.3 is 0 Å². The smallest absolute Gasteiger partial charge is 0.204 e. The summed E-state index contributed by atoms with van der Waals surface area (Å²) < 4.78 is 10.8. The lowest BCUT2D eigenvalue weighted by molar-refractivity contribution is 0.549. The maximum Gasteiger partial charge on any atom is 0.204 e. The minimum Gasteiger partial charge on any atom is -0.289 e. The Morgan fingerprint density at radius 3 is 0.900 bits per heavy atom. The van der Waals surface area contributed by atoms with Crippen LogP contribution in [-0.2, 0) is 28.2 Å². The van der Waals surface area contributed by atoms with Crippen molar-refractivity contribution in [2.24, 2.45) is 0 Å². The molecule has 0 atom stereocenters. The molecule has 0 fully saturated rings. The molecule has 0 heterocycles. The van der Waals surface area contributed by atoms with E-state index in [0.717, 1.165) is 0 Å². The van der Waals surface area contributed by atoms with E-state index in [1.54, 1.807) is 0 Å². The summed E-state index contributed by atoms with van der Waals surface area (Å²) in [7, 11) is -4.89. The van der Waals surface area contributed by atoms with Crippen LogP contribution in [0, 0.1) is 0 Å². The monoisotopic (exact) mass is 164 g/mol. The van der Waals surface area contributed by atoms with Crippen LogP contribution in [0.3, 0.4) is 0 Å². The molecule has 0 saturated carbocycles. The van der Waals surface area contributed by atoms with Crippen molar-refractivity contribution in [3.05, 3.63) is 0 Å². The highest BCUT2D eigenvalue weighted by atomic mass is 32.3. The van der Waals surface area contributed by atoms with Gasteiger partial charge in [-0.15, -0.1) is 0 Å². The van der Waals surface area contributed by atoms with Crippen LogP contribution in [0.15, 0.2) is 0 Å². The summed E-state index contributed by atoms with van der Waals surface area (Å²) >= 11 is 0. The minimum atomic E-state index is -4.89. The molecule has 0 aromatic heterocycles. The first-order valence-corrected chi connectivity index (χ1v) is 4.27. The summed E-state index contributed by atoms with van der Waals surface area (Å²) in [5, 5.41) is 0. The summed E-state index contributed by atoms with van der Waals surface area (Å²) in [6.45, 7) is 0. The molecule has 0 N–H and O–H groups in total. The third kappa shape index (κ3) is 1.06. The van der Waals surface area contributed by atoms with Gasteiger partial charge in [0.2, 0.25) is 22.5 Å². The molecule has 0 aliphatic heterocycles. The lowest BCUT2D eigenvalue weighted by atomic mass is 11.7. The van der Waals surface area contributed by atoms with Crippen molar-refractivity contribution >= 4 is 31.5 Å². The molecule has 0 amide bonds. The topological polar surface area (TPSA) is 85.3 Å². The van der Waals surface area contributed by atoms with Gasteiger partial charge in [-0.05, 0) is 0 Å². The Morgan fingerprint density at radius 1 is 0.700 bits per heavy atom. The molecule has 0 aromatic rings. The second-order valence-electron chi connectivity index (χ2n) is 1.59. The number of carbonyl (C=O) groups is 4. The third-order valence-corrected chi connectivity index (χ3v) is 2.47. The van der Waals surface area contributed by atoms with Gasteiger partial charge in [-0.3, -0.25) is 23.4 Å². The molecule has 6 heteroatoms. The number of hydrogen-bond donors (Lipinski definition) is 0. The highest BCUT2D eigenvalue weighted by Gasteiger charge is 2.35. The maximum absolute atomic E-state index is 10.8. The van der Waals surface area contributed by atoms with E-state index >= 15 is 0 Å². The molecule has 0 unspecified atom stereocenters. The Morgan fingerprint density at radius 2 is 0.900 bits per heavy atom. The van der Waals surface area contributed by atoms with Crippen LogP contribution >= 0.6 is 0 Å². The molecule has 5 nitrogen and oxygen atoms in total. The van der Waals surface area contributed by atoms with Crippen molar-refractivity contribution in [3.63, 3.8) is 0 Å². The molecular formula is C4H4O5S. The van der Waals surface area contributed by atoms with Gasteiger partial charge >= 0.3 is 0 Å². The normalized spacial score (nSPS) is 14.2. The van der Waals surface area contributed by atoms with Crippen LogP contribution in [0.1, 0.15) is 0 Å². The second kappa shape index (κ2) is 2.22. The van der Waals surface area contributed by atoms with Gasteiger partial charge in [0.25, 0.3) is 0 Å². The molecule has 0 radical (unpaired) electrons. The van der Waals surface area contributed by atoms with Gasteiger partial charge in [-0.1, -0.05) is 0 Å². The van der Waals surface area contributed by atoms with Crippen LogP contribution < -0.4 is 0 Å². The van der Waals surface area contributed by atoms with Gasteiger partial charge in [0.1, 0.15) is 9.07 Å². The standard InChI is InChI=1S/C4H4O5S/c5-1-10(9,2-6,3-7)4-8/h1-4H. The van der Waals surface area contributed by atoms with Crippen molar-refractivity contribution in [1.82, 2.24) is 0 Å². The number of hydrogen-bond acceptors (Lipinski definition) is 5. The molecule has 0 aromatic carbocycles. The van der Waals surface area contributed by atoms with Crippen molar-refractivity contribution in [1.29, 1.82) is 0 Å². The van der Waals surface area contributed by atoms with E-state index in [-0.39, 0.29) is 0 Å². The predicted octanol–water partition coefficient (Wildman–Crippen LogP) is -1.43. The van der Waals surface area contributed by atoms with E-state index in [4.69, 9.17) is 0 Å². The van der Waals surface area contributed by atoms with E-state index < -0.39 is 31.5 Å². The second-order valence-corrected chi connectivity index (χ2v) is 4.76. The fourth-order valence-corrected chi connectivity index (χ4v) is 0.408. The van der Waals surface area contributed by atoms with Crippen molar-refractivity contribution in [2.75, 3.05) is 0 Å². The molecule has 0 rings (SSSR count). The van der Waals surface area contributed by atoms with Gasteiger partial charge in [0.15, 0.2) is 0 Å². The predicted molar refractivity (Wildman–Crippen MR) is 35.1 cm³/mol. The van der Waals surface area contributed by atoms with E-state index in [0.29, 0.717) is 0 Å². The Kier molecular flexibility index (Phi) is 1.96. The average molecular weight is 164 g/mol. The first kappa shape index (κ1) is 8.83.